The monoisotopic (exact) mass is 490 g/mol. The molecule has 11 heteroatoms. The molecule has 0 bridgehead atoms. The molecule has 35 heavy (non-hydrogen) atoms. The van der Waals surface area contributed by atoms with Crippen LogP contribution >= 0.6 is 11.3 Å². The predicted octanol–water partition coefficient (Wildman–Crippen LogP) is 3.32. The average molecular weight is 491 g/mol. The number of nitrogens with zero attached hydrogens (tertiary/aromatic N) is 5. The van der Waals surface area contributed by atoms with E-state index in [0.717, 1.165) is 16.9 Å². The molecule has 0 aliphatic rings. The van der Waals surface area contributed by atoms with Crippen LogP contribution in [-0.4, -0.2) is 31.2 Å². The number of carbonyl (C=O) groups is 2. The fraction of sp³-hybridized carbons (Fsp3) is 0.250. The molecule has 0 aliphatic carbocycles. The van der Waals surface area contributed by atoms with E-state index in [1.807, 2.05) is 36.4 Å². The molecule has 1 aromatic carbocycles. The number of ether oxygens (including phenoxy) is 1. The van der Waals surface area contributed by atoms with Crippen LogP contribution in [0.5, 0.6) is 0 Å². The summed E-state index contributed by atoms with van der Waals surface area (Å²) in [6.45, 7) is 3.55. The van der Waals surface area contributed by atoms with Crippen LogP contribution in [0.1, 0.15) is 45.7 Å². The van der Waals surface area contributed by atoms with Crippen LogP contribution in [0, 0.1) is 18.3 Å². The Morgan fingerprint density at radius 1 is 1.29 bits per heavy atom. The SMILES string of the molecule is CCC(C(=O)Nc1c(C#N)cnn1C)n1cnc2sc(C(=O)OCc3ccccc3)c(C)c2c1=O. The summed E-state index contributed by atoms with van der Waals surface area (Å²) < 4.78 is 8.06. The molecule has 4 rings (SSSR count). The van der Waals surface area contributed by atoms with E-state index in [4.69, 9.17) is 4.74 Å². The summed E-state index contributed by atoms with van der Waals surface area (Å²) in [4.78, 5) is 44.2. The van der Waals surface area contributed by atoms with Gasteiger partial charge in [0.25, 0.3) is 5.56 Å². The van der Waals surface area contributed by atoms with E-state index >= 15 is 0 Å². The Labute approximate surface area is 204 Å². The first-order valence-electron chi connectivity index (χ1n) is 10.8. The van der Waals surface area contributed by atoms with Gasteiger partial charge in [-0.05, 0) is 24.5 Å². The van der Waals surface area contributed by atoms with Gasteiger partial charge in [-0.2, -0.15) is 10.4 Å². The predicted molar refractivity (Wildman–Crippen MR) is 130 cm³/mol. The summed E-state index contributed by atoms with van der Waals surface area (Å²) in [6.07, 6.45) is 2.96. The average Bonchev–Trinajstić information content (AvgIpc) is 3.39. The Morgan fingerprint density at radius 2 is 2.03 bits per heavy atom. The van der Waals surface area contributed by atoms with E-state index < -0.39 is 23.5 Å². The van der Waals surface area contributed by atoms with Gasteiger partial charge in [-0.15, -0.1) is 11.3 Å². The lowest BCUT2D eigenvalue weighted by Crippen LogP contribution is -2.33. The Hall–Kier alpha value is -4.30. The van der Waals surface area contributed by atoms with Crippen molar-refractivity contribution in [2.75, 3.05) is 5.32 Å². The fourth-order valence-corrected chi connectivity index (χ4v) is 4.75. The quantitative estimate of drug-likeness (QED) is 0.393. The van der Waals surface area contributed by atoms with Crippen LogP contribution in [0.2, 0.25) is 0 Å². The maximum atomic E-state index is 13.4. The van der Waals surface area contributed by atoms with Crippen molar-refractivity contribution in [1.29, 1.82) is 5.26 Å². The van der Waals surface area contributed by atoms with Crippen LogP contribution in [0.25, 0.3) is 10.2 Å². The minimum atomic E-state index is -0.881. The Bertz CT molecular complexity index is 1510. The number of aryl methyl sites for hydroxylation is 2. The molecule has 0 saturated carbocycles. The van der Waals surface area contributed by atoms with Gasteiger partial charge in [0.15, 0.2) is 0 Å². The van der Waals surface area contributed by atoms with Gasteiger partial charge in [0, 0.05) is 7.05 Å². The number of nitriles is 1. The summed E-state index contributed by atoms with van der Waals surface area (Å²) in [7, 11) is 1.60. The number of hydrogen-bond donors (Lipinski definition) is 1. The second-order valence-corrected chi connectivity index (χ2v) is 8.81. The third kappa shape index (κ3) is 4.56. The number of amides is 1. The summed E-state index contributed by atoms with van der Waals surface area (Å²) >= 11 is 1.08. The standard InChI is InChI=1S/C24H22N6O4S/c1-4-17(21(31)28-20-16(10-25)11-27-29(20)3)30-13-26-22-18(23(30)32)14(2)19(35-22)24(33)34-12-15-8-6-5-7-9-15/h5-9,11,13,17H,4,12H2,1-3H3,(H,28,31). The number of hydrogen-bond acceptors (Lipinski definition) is 8. The van der Waals surface area contributed by atoms with Crippen LogP contribution in [0.15, 0.2) is 47.7 Å². The van der Waals surface area contributed by atoms with Crippen LogP contribution in [0.4, 0.5) is 5.82 Å². The lowest BCUT2D eigenvalue weighted by Gasteiger charge is -2.17. The molecule has 1 atom stereocenters. The maximum Gasteiger partial charge on any atom is 0.349 e. The summed E-state index contributed by atoms with van der Waals surface area (Å²) in [5, 5.41) is 16.2. The summed E-state index contributed by atoms with van der Waals surface area (Å²) in [5.74, 6) is -0.773. The van der Waals surface area contributed by atoms with Gasteiger partial charge in [-0.25, -0.2) is 9.78 Å². The molecule has 1 N–H and O–H groups in total. The summed E-state index contributed by atoms with van der Waals surface area (Å²) in [6, 6.07) is 10.4. The van der Waals surface area contributed by atoms with E-state index in [0.29, 0.717) is 21.7 Å². The van der Waals surface area contributed by atoms with Gasteiger partial charge < -0.3 is 10.1 Å². The molecule has 0 spiro atoms. The zero-order valence-corrected chi connectivity index (χ0v) is 20.1. The Balaban J connectivity index is 1.63. The highest BCUT2D eigenvalue weighted by molar-refractivity contribution is 7.20. The molecule has 178 valence electrons. The smallest absolute Gasteiger partial charge is 0.349 e. The lowest BCUT2D eigenvalue weighted by molar-refractivity contribution is -0.119. The first-order chi connectivity index (χ1) is 16.8. The third-order valence-electron chi connectivity index (χ3n) is 5.60. The van der Waals surface area contributed by atoms with Crippen molar-refractivity contribution in [2.45, 2.75) is 32.9 Å². The molecular weight excluding hydrogens is 468 g/mol. The lowest BCUT2D eigenvalue weighted by atomic mass is 10.1. The van der Waals surface area contributed by atoms with E-state index in [1.54, 1.807) is 20.9 Å². The topological polar surface area (TPSA) is 132 Å². The second-order valence-electron chi connectivity index (χ2n) is 7.81. The number of benzene rings is 1. The number of nitrogens with one attached hydrogen (secondary N) is 1. The van der Waals surface area contributed by atoms with Crippen LogP contribution < -0.4 is 10.9 Å². The van der Waals surface area contributed by atoms with Gasteiger partial charge in [0.05, 0.1) is 17.9 Å². The Kier molecular flexibility index (Phi) is 6.75. The molecule has 0 radical (unpaired) electrons. The van der Waals surface area contributed by atoms with Gasteiger partial charge >= 0.3 is 5.97 Å². The fourth-order valence-electron chi connectivity index (χ4n) is 3.72. The number of fused-ring (bicyclic) bond motifs is 1. The Morgan fingerprint density at radius 3 is 2.71 bits per heavy atom. The van der Waals surface area contributed by atoms with Gasteiger partial charge in [0.2, 0.25) is 5.91 Å². The van der Waals surface area contributed by atoms with Crippen LogP contribution in [-0.2, 0) is 23.2 Å². The molecule has 1 amide bonds. The van der Waals surface area contributed by atoms with Crippen molar-refractivity contribution in [3.05, 3.63) is 74.8 Å². The molecule has 0 saturated heterocycles. The van der Waals surface area contributed by atoms with Crippen molar-refractivity contribution in [1.82, 2.24) is 19.3 Å². The first kappa shape index (κ1) is 23.8. The molecular formula is C24H22N6O4S. The van der Waals surface area contributed by atoms with Crippen molar-refractivity contribution >= 4 is 39.2 Å². The molecule has 0 aliphatic heterocycles. The van der Waals surface area contributed by atoms with Crippen LogP contribution in [0.3, 0.4) is 0 Å². The molecule has 10 nitrogen and oxygen atoms in total. The minimum absolute atomic E-state index is 0.113. The third-order valence-corrected chi connectivity index (χ3v) is 6.78. The maximum absolute atomic E-state index is 13.4. The van der Waals surface area contributed by atoms with Crippen molar-refractivity contribution in [3.63, 3.8) is 0 Å². The molecule has 3 aromatic heterocycles. The van der Waals surface area contributed by atoms with E-state index in [2.05, 4.69) is 15.4 Å². The molecule has 4 aromatic rings. The number of anilines is 1. The normalized spacial score (nSPS) is 11.7. The summed E-state index contributed by atoms with van der Waals surface area (Å²) in [5.41, 5.74) is 1.09. The zero-order chi connectivity index (χ0) is 25.1. The molecule has 0 fully saturated rings. The largest absolute Gasteiger partial charge is 0.457 e. The van der Waals surface area contributed by atoms with Gasteiger partial charge in [-0.1, -0.05) is 37.3 Å². The van der Waals surface area contributed by atoms with E-state index in [1.165, 1.54) is 21.8 Å². The number of carbonyl (C=O) groups excluding carboxylic acids is 2. The number of rotatable bonds is 7. The van der Waals surface area contributed by atoms with E-state index in [-0.39, 0.29) is 23.4 Å². The first-order valence-corrected chi connectivity index (χ1v) is 11.6. The van der Waals surface area contributed by atoms with E-state index in [9.17, 15) is 19.6 Å². The highest BCUT2D eigenvalue weighted by atomic mass is 32.1. The van der Waals surface area contributed by atoms with Gasteiger partial charge in [0.1, 0.15) is 39.8 Å². The molecule has 1 unspecified atom stereocenters. The highest BCUT2D eigenvalue weighted by Gasteiger charge is 2.26. The number of aromatic nitrogens is 4. The van der Waals surface area contributed by atoms with Gasteiger partial charge in [-0.3, -0.25) is 18.8 Å². The van der Waals surface area contributed by atoms with Crippen molar-refractivity contribution in [2.24, 2.45) is 7.05 Å². The molecule has 3 heterocycles. The number of esters is 1. The highest BCUT2D eigenvalue weighted by Crippen LogP contribution is 2.28. The second kappa shape index (κ2) is 9.90. The minimum Gasteiger partial charge on any atom is -0.457 e. The zero-order valence-electron chi connectivity index (χ0n) is 19.3. The number of thiophene rings is 1. The van der Waals surface area contributed by atoms with Crippen molar-refractivity contribution in [3.8, 4) is 6.07 Å². The van der Waals surface area contributed by atoms with Crippen molar-refractivity contribution < 1.29 is 14.3 Å².